The maximum atomic E-state index is 13.1. The highest BCUT2D eigenvalue weighted by Crippen LogP contribution is 2.33. The summed E-state index contributed by atoms with van der Waals surface area (Å²) in [5, 5.41) is 3.11. The number of para-hydroxylation sites is 2. The van der Waals surface area contributed by atoms with E-state index in [-0.39, 0.29) is 36.1 Å². The minimum absolute atomic E-state index is 0.0228. The van der Waals surface area contributed by atoms with Gasteiger partial charge in [0, 0.05) is 38.5 Å². The van der Waals surface area contributed by atoms with Crippen LogP contribution in [0.3, 0.4) is 0 Å². The third-order valence-electron chi connectivity index (χ3n) is 6.51. The Hall–Kier alpha value is -3.35. The van der Waals surface area contributed by atoms with E-state index in [1.54, 1.807) is 12.0 Å². The summed E-state index contributed by atoms with van der Waals surface area (Å²) in [5.41, 5.74) is 1.86. The summed E-state index contributed by atoms with van der Waals surface area (Å²) in [5.74, 6) is 0.299. The number of nitrogens with one attached hydrogen (secondary N) is 1. The number of hydrogen-bond acceptors (Lipinski definition) is 4. The summed E-state index contributed by atoms with van der Waals surface area (Å²) in [4.78, 5) is 41.5. The van der Waals surface area contributed by atoms with Gasteiger partial charge >= 0.3 is 0 Å². The van der Waals surface area contributed by atoms with Crippen LogP contribution in [0.5, 0.6) is 5.75 Å². The van der Waals surface area contributed by atoms with Crippen LogP contribution in [-0.4, -0.2) is 55.4 Å². The molecule has 4 rings (SSSR count). The second kappa shape index (κ2) is 10.5. The molecule has 7 nitrogen and oxygen atoms in total. The average Bonchev–Trinajstić information content (AvgIpc) is 3.24. The average molecular weight is 450 g/mol. The summed E-state index contributed by atoms with van der Waals surface area (Å²) in [6.45, 7) is 1.57. The first-order valence-electron chi connectivity index (χ1n) is 11.6. The SMILES string of the molecule is COc1ccccc1N1CC(C(=O)N2CCC(NC(=O)CCc3ccccc3)CC2)CC1=O. The molecule has 0 saturated carbocycles. The largest absolute Gasteiger partial charge is 0.495 e. The normalized spacial score (nSPS) is 18.9. The van der Waals surface area contributed by atoms with Crippen LogP contribution in [-0.2, 0) is 20.8 Å². The molecule has 2 aliphatic rings. The number of hydrogen-bond donors (Lipinski definition) is 1. The van der Waals surface area contributed by atoms with Gasteiger partial charge in [-0.25, -0.2) is 0 Å². The number of aryl methyl sites for hydroxylation is 1. The van der Waals surface area contributed by atoms with Gasteiger partial charge in [-0.2, -0.15) is 0 Å². The van der Waals surface area contributed by atoms with Gasteiger partial charge in [-0.15, -0.1) is 0 Å². The van der Waals surface area contributed by atoms with E-state index in [0.717, 1.165) is 24.8 Å². The zero-order valence-electron chi connectivity index (χ0n) is 19.0. The molecule has 2 fully saturated rings. The zero-order chi connectivity index (χ0) is 23.2. The van der Waals surface area contributed by atoms with Crippen LogP contribution in [0.2, 0.25) is 0 Å². The molecule has 2 aliphatic heterocycles. The van der Waals surface area contributed by atoms with Crippen LogP contribution in [0, 0.1) is 5.92 Å². The van der Waals surface area contributed by atoms with Crippen molar-refractivity contribution in [2.45, 2.75) is 38.1 Å². The number of anilines is 1. The van der Waals surface area contributed by atoms with Gasteiger partial charge in [0.05, 0.1) is 18.7 Å². The molecule has 3 amide bonds. The summed E-state index contributed by atoms with van der Waals surface area (Å²) < 4.78 is 5.38. The van der Waals surface area contributed by atoms with E-state index in [9.17, 15) is 14.4 Å². The van der Waals surface area contributed by atoms with Gasteiger partial charge in [0.25, 0.3) is 0 Å². The Balaban J connectivity index is 1.25. The topological polar surface area (TPSA) is 79.0 Å². The highest BCUT2D eigenvalue weighted by atomic mass is 16.5. The van der Waals surface area contributed by atoms with Crippen LogP contribution in [0.4, 0.5) is 5.69 Å². The predicted octanol–water partition coefficient (Wildman–Crippen LogP) is 2.79. The van der Waals surface area contributed by atoms with Crippen molar-refractivity contribution < 1.29 is 19.1 Å². The fourth-order valence-corrected chi connectivity index (χ4v) is 4.66. The molecular formula is C26H31N3O4. The fraction of sp³-hybridized carbons (Fsp3) is 0.423. The number of ether oxygens (including phenoxy) is 1. The maximum Gasteiger partial charge on any atom is 0.228 e. The predicted molar refractivity (Wildman–Crippen MR) is 126 cm³/mol. The first-order chi connectivity index (χ1) is 16.0. The Morgan fingerprint density at radius 3 is 2.45 bits per heavy atom. The molecule has 2 aromatic carbocycles. The Morgan fingerprint density at radius 1 is 1.03 bits per heavy atom. The van der Waals surface area contributed by atoms with Crippen LogP contribution < -0.4 is 15.0 Å². The minimum Gasteiger partial charge on any atom is -0.495 e. The Kier molecular flexibility index (Phi) is 7.27. The first kappa shape index (κ1) is 22.8. The first-order valence-corrected chi connectivity index (χ1v) is 11.6. The lowest BCUT2D eigenvalue weighted by Gasteiger charge is -2.33. The molecule has 0 bridgehead atoms. The lowest BCUT2D eigenvalue weighted by atomic mass is 10.0. The highest BCUT2D eigenvalue weighted by Gasteiger charge is 2.39. The van der Waals surface area contributed by atoms with Gasteiger partial charge in [-0.3, -0.25) is 14.4 Å². The van der Waals surface area contributed by atoms with E-state index in [4.69, 9.17) is 4.74 Å². The lowest BCUT2D eigenvalue weighted by Crippen LogP contribution is -2.48. The van der Waals surface area contributed by atoms with Crippen molar-refractivity contribution in [1.82, 2.24) is 10.2 Å². The molecule has 1 N–H and O–H groups in total. The van der Waals surface area contributed by atoms with Crippen LogP contribution >= 0.6 is 0 Å². The molecule has 33 heavy (non-hydrogen) atoms. The molecule has 0 radical (unpaired) electrons. The van der Waals surface area contributed by atoms with E-state index in [0.29, 0.717) is 37.5 Å². The van der Waals surface area contributed by atoms with E-state index in [1.807, 2.05) is 59.5 Å². The molecule has 0 aliphatic carbocycles. The number of amides is 3. The van der Waals surface area contributed by atoms with Crippen molar-refractivity contribution in [3.8, 4) is 5.75 Å². The number of rotatable bonds is 7. The monoisotopic (exact) mass is 449 g/mol. The van der Waals surface area contributed by atoms with Gasteiger partial charge in [0.1, 0.15) is 5.75 Å². The third-order valence-corrected chi connectivity index (χ3v) is 6.51. The number of nitrogens with zero attached hydrogens (tertiary/aromatic N) is 2. The summed E-state index contributed by atoms with van der Waals surface area (Å²) in [7, 11) is 1.58. The Morgan fingerprint density at radius 2 is 1.73 bits per heavy atom. The van der Waals surface area contributed by atoms with Gasteiger partial charge in [0.15, 0.2) is 0 Å². The van der Waals surface area contributed by atoms with E-state index < -0.39 is 0 Å². The van der Waals surface area contributed by atoms with Crippen molar-refractivity contribution in [2.75, 3.05) is 31.6 Å². The molecule has 2 heterocycles. The van der Waals surface area contributed by atoms with Crippen molar-refractivity contribution in [3.63, 3.8) is 0 Å². The molecule has 1 unspecified atom stereocenters. The van der Waals surface area contributed by atoms with E-state index in [1.165, 1.54) is 0 Å². The summed E-state index contributed by atoms with van der Waals surface area (Å²) in [6.07, 6.45) is 2.88. The van der Waals surface area contributed by atoms with Crippen LogP contribution in [0.25, 0.3) is 0 Å². The third kappa shape index (κ3) is 5.53. The second-order valence-corrected chi connectivity index (χ2v) is 8.73. The number of benzene rings is 2. The smallest absolute Gasteiger partial charge is 0.228 e. The maximum absolute atomic E-state index is 13.1. The molecule has 0 aromatic heterocycles. The number of carbonyl (C=O) groups excluding carboxylic acids is 3. The van der Waals surface area contributed by atoms with Gasteiger partial charge < -0.3 is 19.9 Å². The molecule has 7 heteroatoms. The number of methoxy groups -OCH3 is 1. The molecule has 174 valence electrons. The summed E-state index contributed by atoms with van der Waals surface area (Å²) in [6, 6.07) is 17.5. The van der Waals surface area contributed by atoms with Crippen molar-refractivity contribution in [1.29, 1.82) is 0 Å². The van der Waals surface area contributed by atoms with Crippen molar-refractivity contribution >= 4 is 23.4 Å². The lowest BCUT2D eigenvalue weighted by molar-refractivity contribution is -0.137. The number of piperidine rings is 1. The minimum atomic E-state index is -0.348. The van der Waals surface area contributed by atoms with Crippen LogP contribution in [0.1, 0.15) is 31.2 Å². The van der Waals surface area contributed by atoms with Crippen LogP contribution in [0.15, 0.2) is 54.6 Å². The van der Waals surface area contributed by atoms with Gasteiger partial charge in [-0.05, 0) is 37.0 Å². The fourth-order valence-electron chi connectivity index (χ4n) is 4.66. The number of likely N-dealkylation sites (tertiary alicyclic amines) is 1. The van der Waals surface area contributed by atoms with E-state index >= 15 is 0 Å². The van der Waals surface area contributed by atoms with E-state index in [2.05, 4.69) is 5.32 Å². The highest BCUT2D eigenvalue weighted by molar-refractivity contribution is 6.01. The Bertz CT molecular complexity index is 986. The standard InChI is InChI=1S/C26H31N3O4/c1-33-23-10-6-5-9-22(23)29-18-20(17-25(29)31)26(32)28-15-13-21(14-16-28)27-24(30)12-11-19-7-3-2-4-8-19/h2-10,20-21H,11-18H2,1H3,(H,27,30). The molecule has 2 aromatic rings. The second-order valence-electron chi connectivity index (χ2n) is 8.73. The molecular weight excluding hydrogens is 418 g/mol. The van der Waals surface area contributed by atoms with Gasteiger partial charge in [-0.1, -0.05) is 42.5 Å². The van der Waals surface area contributed by atoms with Crippen molar-refractivity contribution in [3.05, 3.63) is 60.2 Å². The molecule has 0 spiro atoms. The molecule has 2 saturated heterocycles. The zero-order valence-corrected chi connectivity index (χ0v) is 19.0. The summed E-state index contributed by atoms with van der Waals surface area (Å²) >= 11 is 0. The number of carbonyl (C=O) groups is 3. The van der Waals surface area contributed by atoms with Crippen molar-refractivity contribution in [2.24, 2.45) is 5.92 Å². The van der Waals surface area contributed by atoms with Gasteiger partial charge in [0.2, 0.25) is 17.7 Å². The Labute approximate surface area is 194 Å². The quantitative estimate of drug-likeness (QED) is 0.705. The molecule has 1 atom stereocenters.